The molecule has 10 heteroatoms. The van der Waals surface area contributed by atoms with Crippen molar-refractivity contribution in [2.24, 2.45) is 5.92 Å². The second kappa shape index (κ2) is 7.30. The van der Waals surface area contributed by atoms with Gasteiger partial charge in [-0.05, 0) is 51.5 Å². The molecule has 0 spiro atoms. The molecule has 0 aromatic carbocycles. The smallest absolute Gasteiger partial charge is 0.485 e. The molecule has 0 aromatic heterocycles. The minimum absolute atomic E-state index is 0.113. The summed E-state index contributed by atoms with van der Waals surface area (Å²) in [6.07, 6.45) is -7.87. The first-order valence-corrected chi connectivity index (χ1v) is 10.1. The van der Waals surface area contributed by atoms with Gasteiger partial charge in [-0.25, -0.2) is 0 Å². The van der Waals surface area contributed by atoms with Crippen molar-refractivity contribution in [1.82, 2.24) is 10.2 Å². The lowest BCUT2D eigenvalue weighted by molar-refractivity contribution is -0.234. The molecule has 4 rings (SSSR count). The molecule has 168 valence electrons. The molecule has 30 heavy (non-hydrogen) atoms. The highest BCUT2D eigenvalue weighted by Gasteiger charge is 2.48. The molecule has 0 saturated heterocycles. The number of nitrogens with zero attached hydrogens (tertiary/aromatic N) is 1. The summed E-state index contributed by atoms with van der Waals surface area (Å²) in [6.45, 7) is 3.06. The molecule has 2 aliphatic heterocycles. The van der Waals surface area contributed by atoms with Crippen molar-refractivity contribution in [3.05, 3.63) is 34.6 Å². The van der Waals surface area contributed by atoms with E-state index in [1.165, 1.54) is 0 Å². The van der Waals surface area contributed by atoms with Crippen LogP contribution in [0.25, 0.3) is 0 Å². The average Bonchev–Trinajstić information content (AvgIpc) is 2.96. The lowest BCUT2D eigenvalue weighted by atomic mass is 9.92. The monoisotopic (exact) mass is 438 g/mol. The van der Waals surface area contributed by atoms with Crippen molar-refractivity contribution in [3.8, 4) is 0 Å². The van der Waals surface area contributed by atoms with E-state index in [4.69, 9.17) is 9.47 Å². The third-order valence-electron chi connectivity index (χ3n) is 5.83. The zero-order valence-electron chi connectivity index (χ0n) is 16.7. The molecule has 3 atom stereocenters. The van der Waals surface area contributed by atoms with Gasteiger partial charge in [0.25, 0.3) is 0 Å². The predicted molar refractivity (Wildman–Crippen MR) is 95.5 cm³/mol. The Kier molecular flexibility index (Phi) is 5.17. The van der Waals surface area contributed by atoms with Crippen molar-refractivity contribution in [1.29, 1.82) is 0 Å². The van der Waals surface area contributed by atoms with E-state index in [1.807, 2.05) is 0 Å². The average molecular weight is 438 g/mol. The van der Waals surface area contributed by atoms with E-state index >= 15 is 0 Å². The van der Waals surface area contributed by atoms with Crippen molar-refractivity contribution in [2.45, 2.75) is 76.7 Å². The highest BCUT2D eigenvalue weighted by atomic mass is 19.4. The number of nitrogens with one attached hydrogen (secondary N) is 1. The largest absolute Gasteiger partial charge is 0.493 e. The fourth-order valence-corrected chi connectivity index (χ4v) is 4.81. The van der Waals surface area contributed by atoms with Gasteiger partial charge >= 0.3 is 12.5 Å². The normalized spacial score (nSPS) is 29.2. The van der Waals surface area contributed by atoms with Gasteiger partial charge in [-0.2, -0.15) is 26.3 Å². The van der Waals surface area contributed by atoms with Crippen LogP contribution in [0.4, 0.5) is 26.3 Å². The minimum Gasteiger partial charge on any atom is -0.493 e. The molecule has 0 bridgehead atoms. The summed E-state index contributed by atoms with van der Waals surface area (Å²) >= 11 is 0. The van der Waals surface area contributed by atoms with Crippen molar-refractivity contribution in [3.63, 3.8) is 0 Å². The Hall–Kier alpha value is -2.00. The Morgan fingerprint density at radius 3 is 2.53 bits per heavy atom. The summed E-state index contributed by atoms with van der Waals surface area (Å²) in [7, 11) is 0. The molecule has 1 N–H and O–H groups in total. The van der Waals surface area contributed by atoms with Gasteiger partial charge in [0.05, 0.1) is 24.4 Å². The minimum atomic E-state index is -4.58. The number of rotatable bonds is 3. The second-order valence-corrected chi connectivity index (χ2v) is 8.56. The third kappa shape index (κ3) is 4.23. The Morgan fingerprint density at radius 1 is 1.17 bits per heavy atom. The number of hydrogen-bond acceptors (Lipinski definition) is 4. The lowest BCUT2D eigenvalue weighted by Gasteiger charge is -2.41. The Balaban J connectivity index is 1.62. The summed E-state index contributed by atoms with van der Waals surface area (Å²) in [5.74, 6) is -0.0680. The maximum atomic E-state index is 13.7. The lowest BCUT2D eigenvalue weighted by Crippen LogP contribution is -2.46. The summed E-state index contributed by atoms with van der Waals surface area (Å²) in [4.78, 5) is 0.375. The molecule has 4 aliphatic rings. The van der Waals surface area contributed by atoms with Gasteiger partial charge in [-0.1, -0.05) is 0 Å². The number of ether oxygens (including phenoxy) is 2. The fourth-order valence-electron chi connectivity index (χ4n) is 4.81. The van der Waals surface area contributed by atoms with E-state index in [0.29, 0.717) is 34.8 Å². The number of alkyl halides is 6. The number of fused-ring (bicyclic) bond motifs is 2. The van der Waals surface area contributed by atoms with Gasteiger partial charge in [0.1, 0.15) is 17.6 Å². The highest BCUT2D eigenvalue weighted by molar-refractivity contribution is 5.49. The van der Waals surface area contributed by atoms with Crippen molar-refractivity contribution in [2.75, 3.05) is 6.54 Å². The molecule has 0 aromatic rings. The first-order chi connectivity index (χ1) is 13.9. The van der Waals surface area contributed by atoms with Crippen LogP contribution in [0.5, 0.6) is 0 Å². The van der Waals surface area contributed by atoms with Crippen LogP contribution in [0, 0.1) is 5.92 Å². The summed E-state index contributed by atoms with van der Waals surface area (Å²) in [5, 5.41) is 3.26. The molecule has 0 radical (unpaired) electrons. The van der Waals surface area contributed by atoms with E-state index in [-0.39, 0.29) is 36.4 Å². The van der Waals surface area contributed by atoms with Crippen LogP contribution in [0.3, 0.4) is 0 Å². The van der Waals surface area contributed by atoms with E-state index in [2.05, 4.69) is 5.32 Å². The zero-order chi connectivity index (χ0) is 21.8. The molecular formula is C20H24F6N2O2. The van der Waals surface area contributed by atoms with Crippen LogP contribution in [0.2, 0.25) is 0 Å². The highest BCUT2D eigenvalue weighted by Crippen LogP contribution is 2.46. The Bertz CT molecular complexity index is 796. The van der Waals surface area contributed by atoms with Crippen LogP contribution in [0.15, 0.2) is 34.6 Å². The SMILES string of the molecule is CC(C)OC1=CC2=C(CCC3=C2OC2CC(CC(F)(F)F)CC2N3)N(C(F)(F)F)C1. The molecule has 2 aliphatic carbocycles. The van der Waals surface area contributed by atoms with Crippen LogP contribution in [-0.2, 0) is 9.47 Å². The van der Waals surface area contributed by atoms with Crippen molar-refractivity contribution >= 4 is 0 Å². The first kappa shape index (κ1) is 21.2. The van der Waals surface area contributed by atoms with Gasteiger partial charge in [0, 0.05) is 17.7 Å². The van der Waals surface area contributed by atoms with Gasteiger partial charge in [0.15, 0.2) is 0 Å². The van der Waals surface area contributed by atoms with Crippen LogP contribution in [0.1, 0.15) is 46.0 Å². The van der Waals surface area contributed by atoms with Gasteiger partial charge < -0.3 is 14.8 Å². The van der Waals surface area contributed by atoms with Crippen molar-refractivity contribution < 1.29 is 35.8 Å². The van der Waals surface area contributed by atoms with E-state index in [0.717, 1.165) is 0 Å². The fraction of sp³-hybridized carbons (Fsp3) is 0.700. The quantitative estimate of drug-likeness (QED) is 0.491. The molecule has 1 fully saturated rings. The third-order valence-corrected chi connectivity index (χ3v) is 5.83. The Morgan fingerprint density at radius 2 is 1.90 bits per heavy atom. The standard InChI is InChI=1S/C20H24F6N2O2/c1-10(2)29-12-7-13-16(28(9-12)20(24,25)26)4-3-14-18(13)30-17-6-11(5-15(17)27-14)8-19(21,22)23/h7,10-11,15,17,27H,3-6,8-9H2,1-2H3. The maximum Gasteiger partial charge on any atom is 0.485 e. The zero-order valence-corrected chi connectivity index (χ0v) is 16.7. The number of halogens is 6. The predicted octanol–water partition coefficient (Wildman–Crippen LogP) is 5.11. The second-order valence-electron chi connectivity index (χ2n) is 8.56. The molecule has 3 unspecified atom stereocenters. The number of hydrogen-bond donors (Lipinski definition) is 1. The Labute approximate surface area is 170 Å². The van der Waals surface area contributed by atoms with Gasteiger partial charge in [-0.3, -0.25) is 4.90 Å². The molecule has 1 saturated carbocycles. The van der Waals surface area contributed by atoms with E-state index in [1.54, 1.807) is 19.9 Å². The maximum absolute atomic E-state index is 13.7. The molecule has 2 heterocycles. The summed E-state index contributed by atoms with van der Waals surface area (Å²) in [6, 6.07) is -0.254. The molecule has 4 nitrogen and oxygen atoms in total. The van der Waals surface area contributed by atoms with E-state index in [9.17, 15) is 26.3 Å². The van der Waals surface area contributed by atoms with Crippen LogP contribution < -0.4 is 5.32 Å². The number of allylic oxidation sites excluding steroid dienone is 3. The van der Waals surface area contributed by atoms with Gasteiger partial charge in [0.2, 0.25) is 0 Å². The summed E-state index contributed by atoms with van der Waals surface area (Å²) in [5.41, 5.74) is 1.08. The topological polar surface area (TPSA) is 33.7 Å². The van der Waals surface area contributed by atoms with E-state index < -0.39 is 37.5 Å². The van der Waals surface area contributed by atoms with Crippen LogP contribution >= 0.6 is 0 Å². The van der Waals surface area contributed by atoms with Gasteiger partial charge in [-0.15, -0.1) is 0 Å². The van der Waals surface area contributed by atoms with Crippen LogP contribution in [-0.4, -0.2) is 42.2 Å². The summed E-state index contributed by atoms with van der Waals surface area (Å²) < 4.78 is 91.1. The molecule has 0 amide bonds. The first-order valence-electron chi connectivity index (χ1n) is 10.1. The molecular weight excluding hydrogens is 414 g/mol.